The van der Waals surface area contributed by atoms with Crippen LogP contribution in [0.1, 0.15) is 32.1 Å². The minimum Gasteiger partial charge on any atom is -0.479 e. The Labute approximate surface area is 84.4 Å². The number of nitrogens with two attached hydrogens (primary N) is 1. The largest absolute Gasteiger partial charge is 0.479 e. The maximum atomic E-state index is 10.7. The highest BCUT2D eigenvalue weighted by atomic mass is 16.5. The smallest absolute Gasteiger partial charge is 0.332 e. The van der Waals surface area contributed by atoms with Gasteiger partial charge in [-0.2, -0.15) is 0 Å². The van der Waals surface area contributed by atoms with Crippen LogP contribution in [0.5, 0.6) is 0 Å². The lowest BCUT2D eigenvalue weighted by Gasteiger charge is -2.25. The molecule has 1 atom stereocenters. The molecule has 0 radical (unpaired) electrons. The molecule has 0 amide bonds. The molecule has 1 aliphatic rings. The Morgan fingerprint density at radius 1 is 1.57 bits per heavy atom. The summed E-state index contributed by atoms with van der Waals surface area (Å²) in [4.78, 5) is 10.7. The number of carboxylic acids is 1. The minimum atomic E-state index is -0.899. The third-order valence-electron chi connectivity index (χ3n) is 2.77. The summed E-state index contributed by atoms with van der Waals surface area (Å²) >= 11 is 0. The molecule has 0 aromatic heterocycles. The Hall–Kier alpha value is -0.610. The number of carboxylic acid groups (broad SMARTS) is 1. The number of hydrogen-bond donors (Lipinski definition) is 2. The van der Waals surface area contributed by atoms with Gasteiger partial charge in [-0.3, -0.25) is 0 Å². The van der Waals surface area contributed by atoms with Crippen LogP contribution in [0, 0.1) is 5.92 Å². The lowest BCUT2D eigenvalue weighted by molar-refractivity contribution is -0.151. The number of ether oxygens (including phenoxy) is 1. The summed E-state index contributed by atoms with van der Waals surface area (Å²) < 4.78 is 5.27. The fourth-order valence-electron chi connectivity index (χ4n) is 1.59. The Morgan fingerprint density at radius 3 is 2.71 bits per heavy atom. The van der Waals surface area contributed by atoms with E-state index in [4.69, 9.17) is 15.6 Å². The van der Waals surface area contributed by atoms with E-state index in [0.717, 1.165) is 12.3 Å². The Kier molecular flexibility index (Phi) is 4.90. The summed E-state index contributed by atoms with van der Waals surface area (Å²) in [5, 5.41) is 8.76. The van der Waals surface area contributed by atoms with Gasteiger partial charge >= 0.3 is 5.97 Å². The van der Waals surface area contributed by atoms with E-state index in [9.17, 15) is 4.79 Å². The fourth-order valence-corrected chi connectivity index (χ4v) is 1.59. The van der Waals surface area contributed by atoms with Gasteiger partial charge in [-0.05, 0) is 25.3 Å². The van der Waals surface area contributed by atoms with Gasteiger partial charge in [0.2, 0.25) is 0 Å². The van der Waals surface area contributed by atoms with Crippen molar-refractivity contribution in [2.24, 2.45) is 11.7 Å². The third-order valence-corrected chi connectivity index (χ3v) is 2.77. The van der Waals surface area contributed by atoms with Crippen LogP contribution in [0.3, 0.4) is 0 Å². The van der Waals surface area contributed by atoms with Gasteiger partial charge in [0.15, 0.2) is 6.10 Å². The Morgan fingerprint density at radius 2 is 2.29 bits per heavy atom. The molecule has 0 aromatic rings. The van der Waals surface area contributed by atoms with Crippen LogP contribution in [0.15, 0.2) is 0 Å². The molecule has 4 nitrogen and oxygen atoms in total. The zero-order chi connectivity index (χ0) is 10.4. The number of carbonyl (C=O) groups is 1. The highest BCUT2D eigenvalue weighted by molar-refractivity contribution is 5.72. The van der Waals surface area contributed by atoms with Crippen LogP contribution in [0.25, 0.3) is 0 Å². The van der Waals surface area contributed by atoms with Gasteiger partial charge < -0.3 is 15.6 Å². The maximum absolute atomic E-state index is 10.7. The first kappa shape index (κ1) is 11.5. The van der Waals surface area contributed by atoms with Crippen LogP contribution < -0.4 is 5.73 Å². The van der Waals surface area contributed by atoms with E-state index in [1.54, 1.807) is 0 Å². The number of aliphatic carboxylic acids is 1. The average Bonchev–Trinajstić information content (AvgIpc) is 2.06. The van der Waals surface area contributed by atoms with E-state index in [2.05, 4.69) is 0 Å². The molecule has 0 aliphatic heterocycles. The van der Waals surface area contributed by atoms with E-state index in [1.165, 1.54) is 19.3 Å². The zero-order valence-electron chi connectivity index (χ0n) is 8.45. The van der Waals surface area contributed by atoms with Crippen molar-refractivity contribution in [3.05, 3.63) is 0 Å². The van der Waals surface area contributed by atoms with Gasteiger partial charge in [0.25, 0.3) is 0 Å². The van der Waals surface area contributed by atoms with Gasteiger partial charge in [-0.15, -0.1) is 0 Å². The number of hydrogen-bond acceptors (Lipinski definition) is 3. The van der Waals surface area contributed by atoms with Crippen molar-refractivity contribution in [3.63, 3.8) is 0 Å². The predicted octanol–water partition coefficient (Wildman–Crippen LogP) is 0.995. The quantitative estimate of drug-likeness (QED) is 0.644. The molecule has 0 saturated heterocycles. The van der Waals surface area contributed by atoms with Crippen LogP contribution in [0.4, 0.5) is 0 Å². The van der Waals surface area contributed by atoms with Crippen LogP contribution >= 0.6 is 0 Å². The molecular formula is C10H19NO3. The van der Waals surface area contributed by atoms with E-state index in [1.807, 2.05) is 0 Å². The van der Waals surface area contributed by atoms with Gasteiger partial charge in [-0.1, -0.05) is 19.3 Å². The second-order valence-electron chi connectivity index (χ2n) is 3.86. The molecule has 0 heterocycles. The van der Waals surface area contributed by atoms with Crippen LogP contribution in [-0.4, -0.2) is 30.3 Å². The molecule has 0 aromatic carbocycles. The van der Waals surface area contributed by atoms with E-state index in [0.29, 0.717) is 19.6 Å². The molecule has 3 N–H and O–H groups in total. The molecule has 4 heteroatoms. The van der Waals surface area contributed by atoms with Crippen molar-refractivity contribution in [2.75, 3.05) is 13.2 Å². The van der Waals surface area contributed by atoms with Crippen LogP contribution in [0.2, 0.25) is 0 Å². The van der Waals surface area contributed by atoms with Gasteiger partial charge in [0.05, 0.1) is 0 Å². The summed E-state index contributed by atoms with van der Waals surface area (Å²) in [5.74, 6) is -0.133. The zero-order valence-corrected chi connectivity index (χ0v) is 8.45. The highest BCUT2D eigenvalue weighted by Gasteiger charge is 2.20. The summed E-state index contributed by atoms with van der Waals surface area (Å²) in [6.07, 6.45) is 4.56. The van der Waals surface area contributed by atoms with Gasteiger partial charge in [-0.25, -0.2) is 4.79 Å². The maximum Gasteiger partial charge on any atom is 0.332 e. The van der Waals surface area contributed by atoms with Crippen molar-refractivity contribution in [1.29, 1.82) is 0 Å². The molecule has 0 spiro atoms. The Balaban J connectivity index is 2.08. The van der Waals surface area contributed by atoms with Gasteiger partial charge in [0.1, 0.15) is 0 Å². The Bertz CT molecular complexity index is 180. The molecular weight excluding hydrogens is 182 g/mol. The lowest BCUT2D eigenvalue weighted by Crippen LogP contribution is -2.28. The summed E-state index contributed by atoms with van der Waals surface area (Å²) in [7, 11) is 0. The van der Waals surface area contributed by atoms with Crippen LogP contribution in [-0.2, 0) is 9.53 Å². The topological polar surface area (TPSA) is 72.5 Å². The van der Waals surface area contributed by atoms with Crippen molar-refractivity contribution in [3.8, 4) is 0 Å². The first-order valence-corrected chi connectivity index (χ1v) is 5.28. The molecule has 14 heavy (non-hydrogen) atoms. The molecule has 1 aliphatic carbocycles. The van der Waals surface area contributed by atoms with Gasteiger partial charge in [0, 0.05) is 6.61 Å². The standard InChI is InChI=1S/C10H19NO3/c11-6-4-9(10(12)13)14-7-5-8-2-1-3-8/h8-9H,1-7,11H2,(H,12,13). The first-order valence-electron chi connectivity index (χ1n) is 5.28. The summed E-state index contributed by atoms with van der Waals surface area (Å²) in [6, 6.07) is 0. The van der Waals surface area contributed by atoms with Crippen molar-refractivity contribution >= 4 is 5.97 Å². The summed E-state index contributed by atoms with van der Waals surface area (Å²) in [6.45, 7) is 0.919. The van der Waals surface area contributed by atoms with E-state index < -0.39 is 12.1 Å². The summed E-state index contributed by atoms with van der Waals surface area (Å²) in [5.41, 5.74) is 5.29. The molecule has 1 fully saturated rings. The highest BCUT2D eigenvalue weighted by Crippen LogP contribution is 2.29. The molecule has 0 bridgehead atoms. The normalized spacial score (nSPS) is 18.9. The second-order valence-corrected chi connectivity index (χ2v) is 3.86. The molecule has 1 rings (SSSR count). The van der Waals surface area contributed by atoms with Crippen molar-refractivity contribution in [2.45, 2.75) is 38.2 Å². The van der Waals surface area contributed by atoms with Crippen molar-refractivity contribution < 1.29 is 14.6 Å². The van der Waals surface area contributed by atoms with E-state index in [-0.39, 0.29) is 0 Å². The average molecular weight is 201 g/mol. The third kappa shape index (κ3) is 3.64. The number of rotatable bonds is 7. The van der Waals surface area contributed by atoms with Crippen molar-refractivity contribution in [1.82, 2.24) is 0 Å². The molecule has 1 unspecified atom stereocenters. The minimum absolute atomic E-state index is 0.362. The predicted molar refractivity (Wildman–Crippen MR) is 53.0 cm³/mol. The molecule has 82 valence electrons. The molecule has 1 saturated carbocycles. The lowest BCUT2D eigenvalue weighted by atomic mass is 9.83. The SMILES string of the molecule is NCCC(OCCC1CCC1)C(=O)O. The van der Waals surface area contributed by atoms with E-state index >= 15 is 0 Å². The fraction of sp³-hybridized carbons (Fsp3) is 0.900. The monoisotopic (exact) mass is 201 g/mol. The second kappa shape index (κ2) is 5.98. The first-order chi connectivity index (χ1) is 6.74.